The van der Waals surface area contributed by atoms with Gasteiger partial charge in [-0.05, 0) is 116 Å². The SMILES string of the molecule is C=C(C)C(CC=C(C)C)C[C@@]12C[C@@H](CC=C(C)C)C(C)(C)[C@@](CC=C(C)C)(C(=O)/C(=C(/O)c3ccc(O)c(O)c3)C1=O)C2=O. The monoisotopic (exact) mass is 602 g/mol. The lowest BCUT2D eigenvalue weighted by molar-refractivity contribution is -0.177. The second-order valence-electron chi connectivity index (χ2n) is 14.3. The fraction of sp³-hybridized carbons (Fsp3) is 0.500. The first-order chi connectivity index (χ1) is 20.3. The number of phenolic OH excluding ortho intramolecular Hbond substituents is 2. The van der Waals surface area contributed by atoms with Crippen molar-refractivity contribution in [1.29, 1.82) is 0 Å². The molecule has 0 radical (unpaired) electrons. The van der Waals surface area contributed by atoms with Crippen molar-refractivity contribution in [2.75, 3.05) is 0 Å². The van der Waals surface area contributed by atoms with Gasteiger partial charge in [-0.2, -0.15) is 0 Å². The second-order valence-corrected chi connectivity index (χ2v) is 14.3. The number of aliphatic hydroxyl groups is 1. The molecule has 6 heteroatoms. The highest BCUT2D eigenvalue weighted by atomic mass is 16.3. The van der Waals surface area contributed by atoms with E-state index in [1.54, 1.807) is 0 Å². The van der Waals surface area contributed by atoms with Crippen LogP contribution >= 0.6 is 0 Å². The largest absolute Gasteiger partial charge is 0.506 e. The molecule has 0 saturated heterocycles. The number of carbonyl (C=O) groups is 3. The summed E-state index contributed by atoms with van der Waals surface area (Å²) < 4.78 is 0. The standard InChI is InChI=1S/C38H50O6/c1-22(2)11-13-27(25(7)8)20-37-21-28(15-12-23(3)4)36(9,10)38(35(37)44,18-17-24(5)6)34(43)31(33(37)42)32(41)26-14-16-29(39)30(40)19-26/h11-12,14,16-17,19,27-28,39-41H,7,13,15,18,20-21H2,1-6,8-10H3/b32-31+/t27?,28-,37-,38+/m1/s1. The lowest BCUT2D eigenvalue weighted by Crippen LogP contribution is -2.69. The number of rotatable bonds is 10. The maximum atomic E-state index is 15.2. The lowest BCUT2D eigenvalue weighted by Gasteiger charge is -2.60. The van der Waals surface area contributed by atoms with E-state index in [4.69, 9.17) is 0 Å². The Labute approximate surface area is 263 Å². The zero-order chi connectivity index (χ0) is 33.4. The molecule has 4 atom stereocenters. The van der Waals surface area contributed by atoms with Crippen LogP contribution in [0.15, 0.2) is 70.9 Å². The number of phenols is 2. The Bertz CT molecular complexity index is 1490. The molecule has 2 saturated carbocycles. The van der Waals surface area contributed by atoms with Gasteiger partial charge in [0.25, 0.3) is 0 Å². The van der Waals surface area contributed by atoms with E-state index in [2.05, 4.69) is 18.7 Å². The van der Waals surface area contributed by atoms with Crippen LogP contribution in [0.1, 0.15) is 100.0 Å². The first-order valence-corrected chi connectivity index (χ1v) is 15.5. The normalized spacial score (nSPS) is 26.0. The highest BCUT2D eigenvalue weighted by Crippen LogP contribution is 2.66. The Morgan fingerprint density at radius 3 is 2.02 bits per heavy atom. The fourth-order valence-corrected chi connectivity index (χ4v) is 7.08. The van der Waals surface area contributed by atoms with E-state index in [0.29, 0.717) is 12.8 Å². The van der Waals surface area contributed by atoms with E-state index in [0.717, 1.165) is 28.4 Å². The molecule has 1 aromatic rings. The zero-order valence-corrected chi connectivity index (χ0v) is 27.9. The third kappa shape index (κ3) is 6.00. The lowest BCUT2D eigenvalue weighted by atomic mass is 9.38. The Kier molecular flexibility index (Phi) is 10.1. The van der Waals surface area contributed by atoms with Crippen molar-refractivity contribution in [3.63, 3.8) is 0 Å². The molecule has 3 rings (SSSR count). The number of benzene rings is 1. The molecular weight excluding hydrogens is 552 g/mol. The fourth-order valence-electron chi connectivity index (χ4n) is 7.08. The summed E-state index contributed by atoms with van der Waals surface area (Å²) in [5, 5.41) is 31.7. The van der Waals surface area contributed by atoms with Crippen molar-refractivity contribution in [3.8, 4) is 11.5 Å². The summed E-state index contributed by atoms with van der Waals surface area (Å²) in [6.45, 7) is 21.9. The van der Waals surface area contributed by atoms with Crippen molar-refractivity contribution >= 4 is 23.1 Å². The van der Waals surface area contributed by atoms with Crippen LogP contribution in [0.2, 0.25) is 0 Å². The molecule has 1 unspecified atom stereocenters. The number of allylic oxidation sites excluding steroid dienone is 8. The van der Waals surface area contributed by atoms with E-state index in [1.807, 2.05) is 68.4 Å². The van der Waals surface area contributed by atoms with Crippen molar-refractivity contribution in [3.05, 3.63) is 76.4 Å². The molecule has 0 heterocycles. The quantitative estimate of drug-likeness (QED) is 0.0616. The molecule has 0 spiro atoms. The first-order valence-electron chi connectivity index (χ1n) is 15.5. The van der Waals surface area contributed by atoms with E-state index in [1.165, 1.54) is 12.1 Å². The Balaban J connectivity index is 2.47. The molecule has 44 heavy (non-hydrogen) atoms. The molecule has 238 valence electrons. The van der Waals surface area contributed by atoms with Crippen molar-refractivity contribution in [1.82, 2.24) is 0 Å². The smallest absolute Gasteiger partial charge is 0.184 e. The number of carbonyl (C=O) groups excluding carboxylic acids is 3. The summed E-state index contributed by atoms with van der Waals surface area (Å²) in [4.78, 5) is 44.9. The van der Waals surface area contributed by atoms with Gasteiger partial charge >= 0.3 is 0 Å². The van der Waals surface area contributed by atoms with Crippen LogP contribution < -0.4 is 0 Å². The molecular formula is C38H50O6. The highest BCUT2D eigenvalue weighted by Gasteiger charge is 2.74. The van der Waals surface area contributed by atoms with Crippen LogP contribution in [-0.4, -0.2) is 32.7 Å². The average Bonchev–Trinajstić information content (AvgIpc) is 2.91. The van der Waals surface area contributed by atoms with E-state index in [9.17, 15) is 24.9 Å². The van der Waals surface area contributed by atoms with Gasteiger partial charge in [0, 0.05) is 5.56 Å². The molecule has 2 fully saturated rings. The molecule has 3 N–H and O–H groups in total. The number of hydrogen-bond donors (Lipinski definition) is 3. The predicted molar refractivity (Wildman–Crippen MR) is 176 cm³/mol. The number of Topliss-reactive ketones (excluding diaryl/α,β-unsaturated/α-hetero) is 3. The zero-order valence-electron chi connectivity index (χ0n) is 27.9. The van der Waals surface area contributed by atoms with Crippen molar-refractivity contribution < 1.29 is 29.7 Å². The van der Waals surface area contributed by atoms with Crippen LogP contribution in [0, 0.1) is 28.1 Å². The number of hydrogen-bond acceptors (Lipinski definition) is 6. The molecule has 0 aliphatic heterocycles. The minimum atomic E-state index is -1.62. The predicted octanol–water partition coefficient (Wildman–Crippen LogP) is 8.76. The van der Waals surface area contributed by atoms with Gasteiger partial charge in [-0.25, -0.2) is 0 Å². The van der Waals surface area contributed by atoms with Crippen LogP contribution in [-0.2, 0) is 14.4 Å². The van der Waals surface area contributed by atoms with E-state index < -0.39 is 50.6 Å². The number of fused-ring (bicyclic) bond motifs is 2. The van der Waals surface area contributed by atoms with Crippen LogP contribution in [0.3, 0.4) is 0 Å². The van der Waals surface area contributed by atoms with Gasteiger partial charge in [-0.3, -0.25) is 14.4 Å². The molecule has 2 aliphatic rings. The van der Waals surface area contributed by atoms with Gasteiger partial charge in [-0.1, -0.05) is 60.9 Å². The minimum Gasteiger partial charge on any atom is -0.506 e. The topological polar surface area (TPSA) is 112 Å². The van der Waals surface area contributed by atoms with Gasteiger partial charge in [0.05, 0.1) is 5.41 Å². The van der Waals surface area contributed by atoms with E-state index >= 15 is 4.79 Å². The summed E-state index contributed by atoms with van der Waals surface area (Å²) in [7, 11) is 0. The maximum Gasteiger partial charge on any atom is 0.184 e. The molecule has 6 nitrogen and oxygen atoms in total. The minimum absolute atomic E-state index is 0.0110. The molecule has 1 aromatic carbocycles. The maximum absolute atomic E-state index is 15.2. The number of aliphatic hydroxyl groups excluding tert-OH is 1. The molecule has 0 amide bonds. The van der Waals surface area contributed by atoms with Crippen LogP contribution in [0.25, 0.3) is 5.76 Å². The van der Waals surface area contributed by atoms with Crippen molar-refractivity contribution in [2.24, 2.45) is 28.1 Å². The Morgan fingerprint density at radius 2 is 1.50 bits per heavy atom. The summed E-state index contributed by atoms with van der Waals surface area (Å²) in [5.41, 5.74) is -0.453. The summed E-state index contributed by atoms with van der Waals surface area (Å²) in [6, 6.07) is 3.65. The highest BCUT2D eigenvalue weighted by molar-refractivity contribution is 6.41. The molecule has 2 bridgehead atoms. The van der Waals surface area contributed by atoms with Crippen LogP contribution in [0.5, 0.6) is 11.5 Å². The average molecular weight is 603 g/mol. The van der Waals surface area contributed by atoms with Gasteiger partial charge in [0.1, 0.15) is 16.7 Å². The summed E-state index contributed by atoms with van der Waals surface area (Å²) >= 11 is 0. The van der Waals surface area contributed by atoms with E-state index in [-0.39, 0.29) is 42.4 Å². The van der Waals surface area contributed by atoms with Gasteiger partial charge in [0.2, 0.25) is 0 Å². The summed E-state index contributed by atoms with van der Waals surface area (Å²) in [6.07, 6.45) is 7.79. The second kappa shape index (κ2) is 12.7. The van der Waals surface area contributed by atoms with Gasteiger partial charge < -0.3 is 15.3 Å². The third-order valence-electron chi connectivity index (χ3n) is 10.0. The van der Waals surface area contributed by atoms with Gasteiger partial charge in [0.15, 0.2) is 28.8 Å². The Morgan fingerprint density at radius 1 is 0.909 bits per heavy atom. The molecule has 0 aromatic heterocycles. The number of ketones is 3. The first kappa shape index (κ1) is 34.8. The van der Waals surface area contributed by atoms with Crippen molar-refractivity contribution in [2.45, 2.75) is 94.4 Å². The summed E-state index contributed by atoms with van der Waals surface area (Å²) in [5.74, 6) is -3.61. The number of aromatic hydroxyl groups is 2. The van der Waals surface area contributed by atoms with Gasteiger partial charge in [-0.15, -0.1) is 0 Å². The van der Waals surface area contributed by atoms with Crippen LogP contribution in [0.4, 0.5) is 0 Å². The third-order valence-corrected chi connectivity index (χ3v) is 10.0. The molecule has 2 aliphatic carbocycles. The Hall–Kier alpha value is -3.67.